The van der Waals surface area contributed by atoms with Gasteiger partial charge in [0.2, 0.25) is 0 Å². The van der Waals surface area contributed by atoms with Crippen molar-refractivity contribution in [3.63, 3.8) is 0 Å². The maximum absolute atomic E-state index is 3.48. The van der Waals surface area contributed by atoms with Crippen molar-refractivity contribution in [2.24, 2.45) is 7.05 Å². The van der Waals surface area contributed by atoms with Crippen LogP contribution in [0.15, 0.2) is 128 Å². The van der Waals surface area contributed by atoms with Gasteiger partial charge in [0.25, 0.3) is 0 Å². The second kappa shape index (κ2) is 9.47. The number of fused-ring (bicyclic) bond motifs is 1. The predicted molar refractivity (Wildman–Crippen MR) is 139 cm³/mol. The van der Waals surface area contributed by atoms with E-state index in [0.29, 0.717) is 0 Å². The Morgan fingerprint density at radius 3 is 2.06 bits per heavy atom. The summed E-state index contributed by atoms with van der Waals surface area (Å²) in [7, 11) is 2.12. The van der Waals surface area contributed by atoms with Crippen molar-refractivity contribution in [3.05, 3.63) is 150 Å². The maximum atomic E-state index is 3.48. The molecule has 0 bridgehead atoms. The van der Waals surface area contributed by atoms with Crippen LogP contribution in [0.1, 0.15) is 28.2 Å². The summed E-state index contributed by atoms with van der Waals surface area (Å²) in [6.07, 6.45) is 4.58. The molecule has 0 spiro atoms. The third-order valence-electron chi connectivity index (χ3n) is 5.95. The number of para-hydroxylation sites is 1. The lowest BCUT2D eigenvalue weighted by Gasteiger charge is -2.15. The predicted octanol–water partition coefficient (Wildman–Crippen LogP) is 7.45. The zero-order chi connectivity index (χ0) is 22.5. The van der Waals surface area contributed by atoms with Crippen LogP contribution in [0.4, 0.5) is 0 Å². The van der Waals surface area contributed by atoms with Crippen molar-refractivity contribution in [2.75, 3.05) is 0 Å². The molecule has 0 saturated heterocycles. The Hall–Kier alpha value is -4.28. The molecule has 158 valence electrons. The summed E-state index contributed by atoms with van der Waals surface area (Å²) >= 11 is 0. The summed E-state index contributed by atoms with van der Waals surface area (Å²) in [6, 6.07) is 39.9. The average molecular weight is 424 g/mol. The molecule has 0 aliphatic carbocycles. The molecular weight excluding hydrogens is 398 g/mol. The summed E-state index contributed by atoms with van der Waals surface area (Å²) in [4.78, 5) is 0. The molecule has 0 aliphatic rings. The largest absolute Gasteiger partial charge is 0.350 e. The van der Waals surface area contributed by atoms with Crippen LogP contribution < -0.4 is 0 Å². The normalized spacial score (nSPS) is 12.2. The highest BCUT2D eigenvalue weighted by atomic mass is 14.9. The van der Waals surface area contributed by atoms with Crippen LogP contribution in [-0.4, -0.2) is 4.57 Å². The lowest BCUT2D eigenvalue weighted by atomic mass is 9.88. The van der Waals surface area contributed by atoms with Gasteiger partial charge in [0, 0.05) is 41.2 Å². The van der Waals surface area contributed by atoms with Crippen LogP contribution in [0.5, 0.6) is 0 Å². The topological polar surface area (TPSA) is 4.93 Å². The molecule has 0 saturated carbocycles. The quantitative estimate of drug-likeness (QED) is 0.265. The van der Waals surface area contributed by atoms with Gasteiger partial charge in [-0.1, -0.05) is 115 Å². The van der Waals surface area contributed by atoms with Crippen LogP contribution in [-0.2, 0) is 7.05 Å². The Kier molecular flexibility index (Phi) is 5.91. The van der Waals surface area contributed by atoms with Crippen molar-refractivity contribution in [3.8, 4) is 11.8 Å². The lowest BCUT2D eigenvalue weighted by Crippen LogP contribution is -1.99. The minimum Gasteiger partial charge on any atom is -0.350 e. The molecule has 0 fully saturated rings. The van der Waals surface area contributed by atoms with E-state index in [1.165, 1.54) is 22.0 Å². The van der Waals surface area contributed by atoms with Crippen LogP contribution in [0.2, 0.25) is 0 Å². The van der Waals surface area contributed by atoms with Crippen molar-refractivity contribution in [2.45, 2.75) is 5.92 Å². The molecule has 1 atom stereocenters. The van der Waals surface area contributed by atoms with Crippen molar-refractivity contribution in [1.29, 1.82) is 0 Å². The van der Waals surface area contributed by atoms with E-state index in [4.69, 9.17) is 0 Å². The fourth-order valence-corrected chi connectivity index (χ4v) is 4.30. The smallest absolute Gasteiger partial charge is 0.0480 e. The monoisotopic (exact) mass is 423 g/mol. The van der Waals surface area contributed by atoms with Gasteiger partial charge in [-0.3, -0.25) is 0 Å². The first kappa shape index (κ1) is 20.6. The van der Waals surface area contributed by atoms with E-state index in [2.05, 4.69) is 127 Å². The Labute approximate surface area is 195 Å². The van der Waals surface area contributed by atoms with Gasteiger partial charge in [0.1, 0.15) is 0 Å². The summed E-state index contributed by atoms with van der Waals surface area (Å²) in [5, 5.41) is 1.27. The molecule has 1 heteroatoms. The van der Waals surface area contributed by atoms with E-state index in [9.17, 15) is 0 Å². The van der Waals surface area contributed by atoms with Gasteiger partial charge < -0.3 is 4.57 Å². The number of hydrogen-bond donors (Lipinski definition) is 0. The van der Waals surface area contributed by atoms with Gasteiger partial charge in [-0.05, 0) is 34.9 Å². The molecule has 0 amide bonds. The van der Waals surface area contributed by atoms with Crippen molar-refractivity contribution < 1.29 is 0 Å². The first-order valence-electron chi connectivity index (χ1n) is 11.2. The lowest BCUT2D eigenvalue weighted by molar-refractivity contribution is 0.941. The molecule has 5 rings (SSSR count). The number of nitrogens with zero attached hydrogens (tertiary/aromatic N) is 1. The summed E-state index contributed by atoms with van der Waals surface area (Å²) in [5.74, 6) is 6.93. The highest BCUT2D eigenvalue weighted by Gasteiger charge is 2.18. The Morgan fingerprint density at radius 2 is 1.33 bits per heavy atom. The highest BCUT2D eigenvalue weighted by Crippen LogP contribution is 2.35. The van der Waals surface area contributed by atoms with Crippen LogP contribution in [0.25, 0.3) is 16.5 Å². The van der Waals surface area contributed by atoms with E-state index < -0.39 is 0 Å². The first-order chi connectivity index (χ1) is 16.3. The standard InChI is InChI=1S/C32H25N/c1-33-24-31(29-19-11-12-20-32(29)33)30(27-17-9-4-10-18-27)23-28(26-15-7-3-8-16-26)22-21-25-13-5-2-6-14-25/h2-20,23-24,30H,1H3/b28-23+. The fourth-order valence-electron chi connectivity index (χ4n) is 4.30. The molecule has 0 radical (unpaired) electrons. The first-order valence-corrected chi connectivity index (χ1v) is 11.2. The number of rotatable bonds is 4. The van der Waals surface area contributed by atoms with Gasteiger partial charge in [-0.2, -0.15) is 0 Å². The summed E-state index contributed by atoms with van der Waals surface area (Å²) in [5.41, 5.74) is 6.94. The Balaban J connectivity index is 1.71. The molecule has 4 aromatic carbocycles. The van der Waals surface area contributed by atoms with E-state index in [-0.39, 0.29) is 5.92 Å². The molecule has 1 nitrogen and oxygen atoms in total. The van der Waals surface area contributed by atoms with Gasteiger partial charge in [-0.25, -0.2) is 0 Å². The molecule has 1 unspecified atom stereocenters. The number of aromatic nitrogens is 1. The molecule has 1 heterocycles. The SMILES string of the molecule is Cn1cc(C(/C=C(\C#Cc2ccccc2)c2ccccc2)c2ccccc2)c2ccccc21. The average Bonchev–Trinajstić information content (AvgIpc) is 3.22. The minimum absolute atomic E-state index is 0.0811. The van der Waals surface area contributed by atoms with Crippen molar-refractivity contribution >= 4 is 16.5 Å². The molecule has 0 N–H and O–H groups in total. The summed E-state index contributed by atoms with van der Waals surface area (Å²) in [6.45, 7) is 0. The van der Waals surface area contributed by atoms with E-state index in [0.717, 1.165) is 16.7 Å². The second-order valence-corrected chi connectivity index (χ2v) is 8.16. The fraction of sp³-hybridized carbons (Fsp3) is 0.0625. The zero-order valence-electron chi connectivity index (χ0n) is 18.6. The number of hydrogen-bond acceptors (Lipinski definition) is 0. The third kappa shape index (κ3) is 4.52. The van der Waals surface area contributed by atoms with Crippen LogP contribution in [0, 0.1) is 11.8 Å². The number of aryl methyl sites for hydroxylation is 1. The number of allylic oxidation sites excluding steroid dienone is 2. The van der Waals surface area contributed by atoms with Gasteiger partial charge in [0.05, 0.1) is 0 Å². The van der Waals surface area contributed by atoms with Crippen molar-refractivity contribution in [1.82, 2.24) is 4.57 Å². The summed E-state index contributed by atoms with van der Waals surface area (Å²) < 4.78 is 2.21. The number of benzene rings is 4. The van der Waals surface area contributed by atoms with Gasteiger partial charge in [-0.15, -0.1) is 0 Å². The van der Waals surface area contributed by atoms with Gasteiger partial charge in [0.15, 0.2) is 0 Å². The molecule has 5 aromatic rings. The van der Waals surface area contributed by atoms with E-state index in [1.807, 2.05) is 24.3 Å². The minimum atomic E-state index is 0.0811. The Morgan fingerprint density at radius 1 is 0.727 bits per heavy atom. The Bertz CT molecular complexity index is 1450. The van der Waals surface area contributed by atoms with E-state index in [1.54, 1.807) is 0 Å². The molecule has 33 heavy (non-hydrogen) atoms. The van der Waals surface area contributed by atoms with E-state index >= 15 is 0 Å². The van der Waals surface area contributed by atoms with Gasteiger partial charge >= 0.3 is 0 Å². The van der Waals surface area contributed by atoms with Crippen LogP contribution >= 0.6 is 0 Å². The third-order valence-corrected chi connectivity index (χ3v) is 5.95. The molecule has 1 aromatic heterocycles. The van der Waals surface area contributed by atoms with Crippen LogP contribution in [0.3, 0.4) is 0 Å². The highest BCUT2D eigenvalue weighted by molar-refractivity contribution is 5.87. The molecular formula is C32H25N. The molecule has 0 aliphatic heterocycles. The maximum Gasteiger partial charge on any atom is 0.0480 e. The second-order valence-electron chi connectivity index (χ2n) is 8.16. The zero-order valence-corrected chi connectivity index (χ0v) is 18.6.